The van der Waals surface area contributed by atoms with Crippen molar-refractivity contribution < 1.29 is 14.7 Å². The number of aliphatic carboxylic acids is 1. The first-order valence-electron chi connectivity index (χ1n) is 5.59. The van der Waals surface area contributed by atoms with Crippen molar-refractivity contribution in [2.45, 2.75) is 32.7 Å². The molecule has 0 bridgehead atoms. The summed E-state index contributed by atoms with van der Waals surface area (Å²) in [7, 11) is 0. The summed E-state index contributed by atoms with van der Waals surface area (Å²) >= 11 is 0. The smallest absolute Gasteiger partial charge is 0.325 e. The zero-order chi connectivity index (χ0) is 12.5. The SMILES string of the molecule is CC(C)C(C)C(=O)N1CCC(N)(C(=O)O)C1. The molecule has 1 heterocycles. The average molecular weight is 228 g/mol. The molecule has 2 atom stereocenters. The van der Waals surface area contributed by atoms with E-state index in [1.165, 1.54) is 0 Å². The van der Waals surface area contributed by atoms with Crippen LogP contribution in [0.25, 0.3) is 0 Å². The Morgan fingerprint density at radius 2 is 1.94 bits per heavy atom. The number of carbonyl (C=O) groups is 2. The van der Waals surface area contributed by atoms with Crippen molar-refractivity contribution in [2.24, 2.45) is 17.6 Å². The van der Waals surface area contributed by atoms with E-state index in [4.69, 9.17) is 10.8 Å². The van der Waals surface area contributed by atoms with Gasteiger partial charge in [0, 0.05) is 19.0 Å². The third kappa shape index (κ3) is 2.35. The largest absolute Gasteiger partial charge is 0.480 e. The second-order valence-corrected chi connectivity index (χ2v) is 5.00. The number of likely N-dealkylation sites (tertiary alicyclic amines) is 1. The predicted octanol–water partition coefficient (Wildman–Crippen LogP) is 0.293. The molecule has 1 rings (SSSR count). The van der Waals surface area contributed by atoms with Gasteiger partial charge in [-0.3, -0.25) is 9.59 Å². The molecule has 0 spiro atoms. The minimum atomic E-state index is -1.26. The molecular formula is C11H20N2O3. The van der Waals surface area contributed by atoms with Crippen LogP contribution < -0.4 is 5.73 Å². The van der Waals surface area contributed by atoms with E-state index in [-0.39, 0.29) is 24.3 Å². The molecule has 0 aliphatic carbocycles. The van der Waals surface area contributed by atoms with Gasteiger partial charge >= 0.3 is 5.97 Å². The molecule has 1 amide bonds. The van der Waals surface area contributed by atoms with Gasteiger partial charge in [-0.25, -0.2) is 0 Å². The van der Waals surface area contributed by atoms with Crippen molar-refractivity contribution in [3.63, 3.8) is 0 Å². The van der Waals surface area contributed by atoms with Crippen LogP contribution in [0.15, 0.2) is 0 Å². The summed E-state index contributed by atoms with van der Waals surface area (Å²) in [5.74, 6) is -0.857. The maximum atomic E-state index is 12.0. The van der Waals surface area contributed by atoms with Crippen LogP contribution in [-0.2, 0) is 9.59 Å². The lowest BCUT2D eigenvalue weighted by Crippen LogP contribution is -2.51. The number of carbonyl (C=O) groups excluding carboxylic acids is 1. The van der Waals surface area contributed by atoms with Gasteiger partial charge in [0.15, 0.2) is 0 Å². The monoisotopic (exact) mass is 228 g/mol. The number of carboxylic acids is 1. The molecule has 0 radical (unpaired) electrons. The van der Waals surface area contributed by atoms with Crippen LogP contribution in [0.3, 0.4) is 0 Å². The van der Waals surface area contributed by atoms with E-state index >= 15 is 0 Å². The third-order valence-electron chi connectivity index (χ3n) is 3.43. The number of hydrogen-bond donors (Lipinski definition) is 2. The van der Waals surface area contributed by atoms with E-state index in [9.17, 15) is 9.59 Å². The highest BCUT2D eigenvalue weighted by Crippen LogP contribution is 2.23. The fourth-order valence-electron chi connectivity index (χ4n) is 1.77. The molecule has 16 heavy (non-hydrogen) atoms. The minimum Gasteiger partial charge on any atom is -0.480 e. The Morgan fingerprint density at radius 3 is 2.31 bits per heavy atom. The summed E-state index contributed by atoms with van der Waals surface area (Å²) in [6, 6.07) is 0. The van der Waals surface area contributed by atoms with Gasteiger partial charge in [-0.15, -0.1) is 0 Å². The van der Waals surface area contributed by atoms with E-state index in [0.717, 1.165) is 0 Å². The van der Waals surface area contributed by atoms with Crippen LogP contribution in [0.4, 0.5) is 0 Å². The number of rotatable bonds is 3. The first-order chi connectivity index (χ1) is 7.28. The van der Waals surface area contributed by atoms with Crippen LogP contribution in [0.5, 0.6) is 0 Å². The fraction of sp³-hybridized carbons (Fsp3) is 0.818. The number of hydrogen-bond acceptors (Lipinski definition) is 3. The lowest BCUT2D eigenvalue weighted by atomic mass is 9.96. The number of carboxylic acid groups (broad SMARTS) is 1. The minimum absolute atomic E-state index is 0.00331. The van der Waals surface area contributed by atoms with Crippen LogP contribution in [0.2, 0.25) is 0 Å². The Hall–Kier alpha value is -1.10. The van der Waals surface area contributed by atoms with Crippen LogP contribution in [0, 0.1) is 11.8 Å². The normalized spacial score (nSPS) is 27.2. The first-order valence-corrected chi connectivity index (χ1v) is 5.59. The van der Waals surface area contributed by atoms with Gasteiger partial charge in [0.05, 0.1) is 0 Å². The van der Waals surface area contributed by atoms with E-state index < -0.39 is 11.5 Å². The molecule has 0 saturated carbocycles. The van der Waals surface area contributed by atoms with Gasteiger partial charge in [0.25, 0.3) is 0 Å². The molecule has 1 aliphatic heterocycles. The molecular weight excluding hydrogens is 208 g/mol. The first kappa shape index (κ1) is 13.0. The molecule has 92 valence electrons. The highest BCUT2D eigenvalue weighted by molar-refractivity contribution is 5.84. The molecule has 0 aromatic heterocycles. The molecule has 0 aromatic carbocycles. The van der Waals surface area contributed by atoms with Crippen LogP contribution in [0.1, 0.15) is 27.2 Å². The van der Waals surface area contributed by atoms with Crippen molar-refractivity contribution in [3.8, 4) is 0 Å². The summed E-state index contributed by atoms with van der Waals surface area (Å²) in [5.41, 5.74) is 4.46. The number of nitrogens with two attached hydrogens (primary N) is 1. The van der Waals surface area contributed by atoms with Gasteiger partial charge < -0.3 is 15.7 Å². The zero-order valence-electron chi connectivity index (χ0n) is 10.1. The zero-order valence-corrected chi connectivity index (χ0v) is 10.1. The second kappa shape index (κ2) is 4.41. The summed E-state index contributed by atoms with van der Waals surface area (Å²) in [6.07, 6.45) is 0.332. The fourth-order valence-corrected chi connectivity index (χ4v) is 1.77. The topological polar surface area (TPSA) is 83.6 Å². The average Bonchev–Trinajstić information content (AvgIpc) is 2.60. The Labute approximate surface area is 95.6 Å². The third-order valence-corrected chi connectivity index (χ3v) is 3.43. The molecule has 0 aromatic rings. The molecule has 3 N–H and O–H groups in total. The lowest BCUT2D eigenvalue weighted by molar-refractivity contribution is -0.143. The van der Waals surface area contributed by atoms with Gasteiger partial charge in [-0.05, 0) is 12.3 Å². The maximum absolute atomic E-state index is 12.0. The van der Waals surface area contributed by atoms with Crippen molar-refractivity contribution in [2.75, 3.05) is 13.1 Å². The van der Waals surface area contributed by atoms with Crippen LogP contribution >= 0.6 is 0 Å². The molecule has 1 saturated heterocycles. The quantitative estimate of drug-likeness (QED) is 0.727. The second-order valence-electron chi connectivity index (χ2n) is 5.00. The molecule has 1 aliphatic rings. The molecule has 5 heteroatoms. The van der Waals surface area contributed by atoms with Crippen LogP contribution in [-0.4, -0.2) is 40.5 Å². The highest BCUT2D eigenvalue weighted by Gasteiger charge is 2.43. The Balaban J connectivity index is 2.67. The van der Waals surface area contributed by atoms with Crippen molar-refractivity contribution in [1.82, 2.24) is 4.90 Å². The molecule has 5 nitrogen and oxygen atoms in total. The molecule has 1 fully saturated rings. The van der Waals surface area contributed by atoms with E-state index in [1.54, 1.807) is 4.90 Å². The van der Waals surface area contributed by atoms with E-state index in [2.05, 4.69) is 0 Å². The van der Waals surface area contributed by atoms with Gasteiger partial charge in [-0.1, -0.05) is 20.8 Å². The summed E-state index contributed by atoms with van der Waals surface area (Å²) < 4.78 is 0. The summed E-state index contributed by atoms with van der Waals surface area (Å²) in [4.78, 5) is 24.5. The number of nitrogens with zero attached hydrogens (tertiary/aromatic N) is 1. The van der Waals surface area contributed by atoms with Crippen molar-refractivity contribution >= 4 is 11.9 Å². The van der Waals surface area contributed by atoms with Gasteiger partial charge in [0.2, 0.25) is 5.91 Å². The Kier molecular flexibility index (Phi) is 3.57. The highest BCUT2D eigenvalue weighted by atomic mass is 16.4. The predicted molar refractivity (Wildman–Crippen MR) is 59.8 cm³/mol. The van der Waals surface area contributed by atoms with Gasteiger partial charge in [0.1, 0.15) is 5.54 Å². The summed E-state index contributed by atoms with van der Waals surface area (Å²) in [6.45, 7) is 6.39. The van der Waals surface area contributed by atoms with Gasteiger partial charge in [-0.2, -0.15) is 0 Å². The molecule has 2 unspecified atom stereocenters. The summed E-state index contributed by atoms with van der Waals surface area (Å²) in [5, 5.41) is 8.96. The Bertz CT molecular complexity index is 304. The maximum Gasteiger partial charge on any atom is 0.325 e. The standard InChI is InChI=1S/C11H20N2O3/c1-7(2)8(3)9(14)13-5-4-11(12,6-13)10(15)16/h7-8H,4-6,12H2,1-3H3,(H,15,16). The van der Waals surface area contributed by atoms with E-state index in [0.29, 0.717) is 13.0 Å². The Morgan fingerprint density at radius 1 is 1.38 bits per heavy atom. The van der Waals surface area contributed by atoms with E-state index in [1.807, 2.05) is 20.8 Å². The lowest BCUT2D eigenvalue weighted by Gasteiger charge is -2.24. The number of amides is 1. The van der Waals surface area contributed by atoms with Crippen molar-refractivity contribution in [1.29, 1.82) is 0 Å². The van der Waals surface area contributed by atoms with Crippen molar-refractivity contribution in [3.05, 3.63) is 0 Å².